The molecule has 0 amide bonds. The smallest absolute Gasteiger partial charge is 0.343 e. The van der Waals surface area contributed by atoms with Crippen LogP contribution in [-0.2, 0) is 4.74 Å². The lowest BCUT2D eigenvalue weighted by molar-refractivity contribution is 0.0600. The number of ketones is 1. The molecule has 148 valence electrons. The Morgan fingerprint density at radius 1 is 0.867 bits per heavy atom. The summed E-state index contributed by atoms with van der Waals surface area (Å²) >= 11 is 0. The van der Waals surface area contributed by atoms with Crippen molar-refractivity contribution >= 4 is 23.8 Å². The van der Waals surface area contributed by atoms with Crippen LogP contribution in [-0.4, -0.2) is 24.8 Å². The highest BCUT2D eigenvalue weighted by molar-refractivity contribution is 6.14. The van der Waals surface area contributed by atoms with Gasteiger partial charge in [0.15, 0.2) is 5.76 Å². The van der Waals surface area contributed by atoms with Crippen molar-refractivity contribution in [3.05, 3.63) is 101 Å². The largest absolute Gasteiger partial charge is 0.465 e. The van der Waals surface area contributed by atoms with Crippen LogP contribution >= 0.6 is 0 Å². The standard InChI is InChI=1S/C24H16O6/c1-28-23(26)17-9-7-15(8-10-17)13-21-22(25)19-12-11-18(14-20(19)30-21)29-24(27)16-5-3-2-4-6-16/h2-14H,1H3/b21-13+. The van der Waals surface area contributed by atoms with Gasteiger partial charge in [-0.1, -0.05) is 30.3 Å². The van der Waals surface area contributed by atoms with Crippen LogP contribution in [0.25, 0.3) is 6.08 Å². The second-order valence-corrected chi connectivity index (χ2v) is 6.47. The van der Waals surface area contributed by atoms with E-state index in [0.717, 1.165) is 0 Å². The van der Waals surface area contributed by atoms with Crippen molar-refractivity contribution in [3.63, 3.8) is 0 Å². The zero-order valence-electron chi connectivity index (χ0n) is 16.0. The summed E-state index contributed by atoms with van der Waals surface area (Å²) in [5.74, 6) is -0.478. The molecule has 6 nitrogen and oxygen atoms in total. The van der Waals surface area contributed by atoms with Gasteiger partial charge in [0.2, 0.25) is 5.78 Å². The van der Waals surface area contributed by atoms with Crippen molar-refractivity contribution in [3.8, 4) is 11.5 Å². The van der Waals surface area contributed by atoms with E-state index in [9.17, 15) is 14.4 Å². The maximum Gasteiger partial charge on any atom is 0.343 e. The highest BCUT2D eigenvalue weighted by Crippen LogP contribution is 2.35. The number of ether oxygens (including phenoxy) is 3. The predicted molar refractivity (Wildman–Crippen MR) is 109 cm³/mol. The number of Topliss-reactive ketones (excluding diaryl/α,β-unsaturated/α-hetero) is 1. The Morgan fingerprint density at radius 2 is 1.57 bits per heavy atom. The fourth-order valence-corrected chi connectivity index (χ4v) is 2.96. The van der Waals surface area contributed by atoms with Gasteiger partial charge in [0.1, 0.15) is 11.5 Å². The molecular formula is C24H16O6. The van der Waals surface area contributed by atoms with Crippen molar-refractivity contribution in [2.24, 2.45) is 0 Å². The third-order valence-corrected chi connectivity index (χ3v) is 4.49. The maximum atomic E-state index is 12.6. The lowest BCUT2D eigenvalue weighted by Crippen LogP contribution is -2.08. The number of esters is 2. The van der Waals surface area contributed by atoms with E-state index in [4.69, 9.17) is 9.47 Å². The minimum atomic E-state index is -0.499. The molecule has 0 unspecified atom stereocenters. The molecule has 1 heterocycles. The Kier molecular flexibility index (Phi) is 5.13. The van der Waals surface area contributed by atoms with Crippen LogP contribution < -0.4 is 9.47 Å². The number of methoxy groups -OCH3 is 1. The molecule has 0 atom stereocenters. The number of hydrogen-bond donors (Lipinski definition) is 0. The summed E-state index contributed by atoms with van der Waals surface area (Å²) in [6.45, 7) is 0. The summed E-state index contributed by atoms with van der Waals surface area (Å²) in [5, 5.41) is 0. The van der Waals surface area contributed by atoms with Gasteiger partial charge in [-0.2, -0.15) is 0 Å². The Hall–Kier alpha value is -4.19. The molecule has 3 aromatic rings. The first-order chi connectivity index (χ1) is 14.5. The summed E-state index contributed by atoms with van der Waals surface area (Å²) in [6, 6.07) is 19.8. The fourth-order valence-electron chi connectivity index (χ4n) is 2.96. The average Bonchev–Trinajstić information content (AvgIpc) is 3.08. The van der Waals surface area contributed by atoms with E-state index in [1.807, 2.05) is 6.07 Å². The van der Waals surface area contributed by atoms with E-state index >= 15 is 0 Å². The van der Waals surface area contributed by atoms with Gasteiger partial charge in [0.25, 0.3) is 0 Å². The summed E-state index contributed by atoms with van der Waals surface area (Å²) in [6.07, 6.45) is 1.58. The zero-order valence-corrected chi connectivity index (χ0v) is 16.0. The summed E-state index contributed by atoms with van der Waals surface area (Å²) in [5.41, 5.74) is 1.90. The second kappa shape index (κ2) is 8.05. The van der Waals surface area contributed by atoms with Crippen LogP contribution in [0, 0.1) is 0 Å². The summed E-state index contributed by atoms with van der Waals surface area (Å²) in [4.78, 5) is 36.3. The fraction of sp³-hybridized carbons (Fsp3) is 0.0417. The molecule has 30 heavy (non-hydrogen) atoms. The van der Waals surface area contributed by atoms with E-state index < -0.39 is 11.9 Å². The van der Waals surface area contributed by atoms with Gasteiger partial charge in [-0.05, 0) is 48.0 Å². The van der Waals surface area contributed by atoms with Crippen LogP contribution in [0.2, 0.25) is 0 Å². The monoisotopic (exact) mass is 400 g/mol. The molecule has 0 spiro atoms. The van der Waals surface area contributed by atoms with Gasteiger partial charge in [-0.15, -0.1) is 0 Å². The van der Waals surface area contributed by atoms with Crippen LogP contribution in [0.3, 0.4) is 0 Å². The maximum absolute atomic E-state index is 12.6. The average molecular weight is 400 g/mol. The third-order valence-electron chi connectivity index (χ3n) is 4.49. The topological polar surface area (TPSA) is 78.9 Å². The molecule has 0 N–H and O–H groups in total. The lowest BCUT2D eigenvalue weighted by atomic mass is 10.1. The Morgan fingerprint density at radius 3 is 2.27 bits per heavy atom. The summed E-state index contributed by atoms with van der Waals surface area (Å²) < 4.78 is 15.7. The minimum absolute atomic E-state index is 0.141. The minimum Gasteiger partial charge on any atom is -0.465 e. The highest BCUT2D eigenvalue weighted by atomic mass is 16.5. The van der Waals surface area contributed by atoms with Crippen molar-refractivity contribution in [1.29, 1.82) is 0 Å². The van der Waals surface area contributed by atoms with Crippen molar-refractivity contribution in [2.75, 3.05) is 7.11 Å². The summed E-state index contributed by atoms with van der Waals surface area (Å²) in [7, 11) is 1.31. The Balaban J connectivity index is 1.52. The molecule has 4 rings (SSSR count). The SMILES string of the molecule is COC(=O)c1ccc(/C=C2/Oc3cc(OC(=O)c4ccccc4)ccc3C2=O)cc1. The molecule has 3 aromatic carbocycles. The molecule has 1 aliphatic heterocycles. The normalized spacial score (nSPS) is 13.5. The molecule has 6 heteroatoms. The van der Waals surface area contributed by atoms with Crippen LogP contribution in [0.15, 0.2) is 78.6 Å². The van der Waals surface area contributed by atoms with Crippen LogP contribution in [0.1, 0.15) is 36.6 Å². The van der Waals surface area contributed by atoms with Crippen molar-refractivity contribution in [1.82, 2.24) is 0 Å². The molecule has 0 bridgehead atoms. The van der Waals surface area contributed by atoms with Gasteiger partial charge in [-0.25, -0.2) is 9.59 Å². The number of rotatable bonds is 4. The van der Waals surface area contributed by atoms with Gasteiger partial charge >= 0.3 is 11.9 Å². The quantitative estimate of drug-likeness (QED) is 0.369. The van der Waals surface area contributed by atoms with Gasteiger partial charge < -0.3 is 14.2 Å². The number of allylic oxidation sites excluding steroid dienone is 1. The Labute approximate surface area is 172 Å². The molecular weight excluding hydrogens is 384 g/mol. The van der Waals surface area contributed by atoms with E-state index in [-0.39, 0.29) is 17.3 Å². The molecule has 1 aliphatic rings. The van der Waals surface area contributed by atoms with Crippen molar-refractivity contribution < 1.29 is 28.6 Å². The molecule has 0 saturated heterocycles. The first-order valence-electron chi connectivity index (χ1n) is 9.09. The van der Waals surface area contributed by atoms with Gasteiger partial charge in [0.05, 0.1) is 23.8 Å². The van der Waals surface area contributed by atoms with E-state index in [1.54, 1.807) is 66.7 Å². The van der Waals surface area contributed by atoms with Gasteiger partial charge in [-0.3, -0.25) is 4.79 Å². The lowest BCUT2D eigenvalue weighted by Gasteiger charge is -2.05. The first kappa shape index (κ1) is 19.1. The van der Waals surface area contributed by atoms with Crippen LogP contribution in [0.5, 0.6) is 11.5 Å². The molecule has 0 radical (unpaired) electrons. The number of fused-ring (bicyclic) bond motifs is 1. The van der Waals surface area contributed by atoms with Crippen LogP contribution in [0.4, 0.5) is 0 Å². The first-order valence-corrected chi connectivity index (χ1v) is 9.09. The molecule has 0 fully saturated rings. The van der Waals surface area contributed by atoms with E-state index in [0.29, 0.717) is 28.0 Å². The second-order valence-electron chi connectivity index (χ2n) is 6.47. The van der Waals surface area contributed by atoms with Gasteiger partial charge in [0, 0.05) is 6.07 Å². The molecule has 0 saturated carbocycles. The number of benzene rings is 3. The molecule has 0 aliphatic carbocycles. The third kappa shape index (κ3) is 3.84. The highest BCUT2D eigenvalue weighted by Gasteiger charge is 2.28. The zero-order chi connectivity index (χ0) is 21.1. The number of carbonyl (C=O) groups excluding carboxylic acids is 3. The Bertz CT molecular complexity index is 1160. The van der Waals surface area contributed by atoms with Crippen molar-refractivity contribution in [2.45, 2.75) is 0 Å². The number of carbonyl (C=O) groups is 3. The molecule has 0 aromatic heterocycles. The van der Waals surface area contributed by atoms with E-state index in [1.165, 1.54) is 13.2 Å². The number of hydrogen-bond acceptors (Lipinski definition) is 6. The van der Waals surface area contributed by atoms with E-state index in [2.05, 4.69) is 4.74 Å². The predicted octanol–water partition coefficient (Wildman–Crippen LogP) is 4.31.